The highest BCUT2D eigenvalue weighted by Gasteiger charge is 2.13. The zero-order valence-electron chi connectivity index (χ0n) is 36.3. The molecule has 0 aromatic heterocycles. The van der Waals surface area contributed by atoms with Gasteiger partial charge < -0.3 is 4.90 Å². The van der Waals surface area contributed by atoms with Gasteiger partial charge in [-0.2, -0.15) is 4.39 Å². The standard InChI is InChI=1S/C52H79FN2O2/c1-3-5-7-9-11-13-15-17-19-21-23-25-27-29-43-54(44-30-28-26-24-22-20-18-16-14-12-10-8-6-4-2)50-40-38-49(39-41-50)48-36-33-46(34-37-48)31-32-47-35-42-52(55(56)57)51(53)45-47/h31-42,45H,3-30,43-44H2,1-2H3. The topological polar surface area (TPSA) is 46.4 Å². The number of hydrogen-bond donors (Lipinski definition) is 0. The Morgan fingerprint density at radius 1 is 0.474 bits per heavy atom. The van der Waals surface area contributed by atoms with E-state index in [2.05, 4.69) is 67.3 Å². The average Bonchev–Trinajstić information content (AvgIpc) is 3.22. The number of nitrogens with zero attached hydrogens (tertiary/aromatic N) is 2. The maximum Gasteiger partial charge on any atom is 0.304 e. The van der Waals surface area contributed by atoms with Crippen LogP contribution in [0.5, 0.6) is 0 Å². The van der Waals surface area contributed by atoms with Gasteiger partial charge in [0, 0.05) is 24.8 Å². The van der Waals surface area contributed by atoms with Gasteiger partial charge in [0.1, 0.15) is 0 Å². The molecule has 0 unspecified atom stereocenters. The smallest absolute Gasteiger partial charge is 0.304 e. The summed E-state index contributed by atoms with van der Waals surface area (Å²) in [5.41, 5.74) is 4.76. The van der Waals surface area contributed by atoms with Gasteiger partial charge in [0.2, 0.25) is 5.82 Å². The van der Waals surface area contributed by atoms with Gasteiger partial charge in [-0.25, -0.2) is 0 Å². The van der Waals surface area contributed by atoms with E-state index in [9.17, 15) is 14.5 Å². The van der Waals surface area contributed by atoms with Gasteiger partial charge >= 0.3 is 5.69 Å². The molecule has 3 rings (SSSR count). The molecule has 0 fully saturated rings. The maximum absolute atomic E-state index is 14.0. The van der Waals surface area contributed by atoms with Crippen molar-refractivity contribution in [3.8, 4) is 11.1 Å². The van der Waals surface area contributed by atoms with Crippen molar-refractivity contribution in [2.75, 3.05) is 18.0 Å². The first-order chi connectivity index (χ1) is 28.0. The van der Waals surface area contributed by atoms with Gasteiger partial charge in [-0.1, -0.05) is 229 Å². The van der Waals surface area contributed by atoms with Crippen molar-refractivity contribution in [2.24, 2.45) is 0 Å². The fraction of sp³-hybridized carbons (Fsp3) is 0.615. The quantitative estimate of drug-likeness (QED) is 0.0258. The molecule has 57 heavy (non-hydrogen) atoms. The number of hydrogen-bond acceptors (Lipinski definition) is 3. The lowest BCUT2D eigenvalue weighted by Gasteiger charge is -2.25. The third-order valence-electron chi connectivity index (χ3n) is 11.7. The Kier molecular flexibility index (Phi) is 26.5. The SMILES string of the molecule is CCCCCCCCCCCCCCCCN(CCCCCCCCCCCCCCCC)c1ccc(-c2ccc(C=Cc3ccc([N+](=O)[O-])c(F)c3)cc2)cc1. The van der Waals surface area contributed by atoms with E-state index >= 15 is 0 Å². The molecule has 0 aliphatic rings. The molecule has 0 aliphatic heterocycles. The number of halogens is 1. The highest BCUT2D eigenvalue weighted by Crippen LogP contribution is 2.26. The van der Waals surface area contributed by atoms with Crippen LogP contribution in [-0.2, 0) is 0 Å². The fourth-order valence-electron chi connectivity index (χ4n) is 7.98. The Morgan fingerprint density at radius 3 is 1.18 bits per heavy atom. The van der Waals surface area contributed by atoms with Crippen molar-refractivity contribution < 1.29 is 9.31 Å². The van der Waals surface area contributed by atoms with Crippen molar-refractivity contribution >= 4 is 23.5 Å². The number of nitro benzene ring substituents is 1. The van der Waals surface area contributed by atoms with Crippen molar-refractivity contribution in [1.82, 2.24) is 0 Å². The summed E-state index contributed by atoms with van der Waals surface area (Å²) < 4.78 is 14.0. The molecule has 0 heterocycles. The van der Waals surface area contributed by atoms with Crippen molar-refractivity contribution in [1.29, 1.82) is 0 Å². The summed E-state index contributed by atoms with van der Waals surface area (Å²) in [6.07, 6.45) is 42.6. The van der Waals surface area contributed by atoms with Gasteiger partial charge in [-0.3, -0.25) is 10.1 Å². The van der Waals surface area contributed by atoms with Crippen LogP contribution in [0, 0.1) is 15.9 Å². The van der Waals surface area contributed by atoms with Gasteiger partial charge in [-0.15, -0.1) is 0 Å². The van der Waals surface area contributed by atoms with Gasteiger partial charge in [-0.05, 0) is 59.4 Å². The lowest BCUT2D eigenvalue weighted by molar-refractivity contribution is -0.387. The molecule has 0 bridgehead atoms. The molecule has 0 N–H and O–H groups in total. The largest absolute Gasteiger partial charge is 0.372 e. The van der Waals surface area contributed by atoms with Crippen molar-refractivity contribution in [3.05, 3.63) is 93.8 Å². The second-order valence-corrected chi connectivity index (χ2v) is 16.6. The van der Waals surface area contributed by atoms with E-state index < -0.39 is 16.4 Å². The van der Waals surface area contributed by atoms with Crippen LogP contribution in [0.2, 0.25) is 0 Å². The van der Waals surface area contributed by atoms with E-state index in [4.69, 9.17) is 0 Å². The predicted octanol–water partition coefficient (Wildman–Crippen LogP) is 17.3. The number of rotatable bonds is 35. The van der Waals surface area contributed by atoms with E-state index in [1.165, 1.54) is 203 Å². The Hall–Kier alpha value is -3.47. The zero-order chi connectivity index (χ0) is 40.6. The summed E-state index contributed by atoms with van der Waals surface area (Å²) in [6.45, 7) is 6.86. The molecule has 0 aliphatic carbocycles. The first-order valence-electron chi connectivity index (χ1n) is 23.6. The third-order valence-corrected chi connectivity index (χ3v) is 11.7. The fourth-order valence-corrected chi connectivity index (χ4v) is 7.98. The maximum atomic E-state index is 14.0. The molecular formula is C52H79FN2O2. The minimum absolute atomic E-state index is 0.504. The van der Waals surface area contributed by atoms with Crippen LogP contribution in [0.4, 0.5) is 15.8 Å². The van der Waals surface area contributed by atoms with Gasteiger partial charge in [0.05, 0.1) is 4.92 Å². The molecule has 0 saturated heterocycles. The molecule has 0 spiro atoms. The Balaban J connectivity index is 1.43. The molecule has 3 aromatic carbocycles. The summed E-state index contributed by atoms with van der Waals surface area (Å²) in [5.74, 6) is -0.821. The van der Waals surface area contributed by atoms with Crippen LogP contribution >= 0.6 is 0 Å². The first kappa shape index (κ1) is 47.9. The molecule has 0 amide bonds. The molecule has 0 atom stereocenters. The lowest BCUT2D eigenvalue weighted by Crippen LogP contribution is -2.25. The summed E-state index contributed by atoms with van der Waals surface area (Å²) in [6, 6.07) is 21.4. The van der Waals surface area contributed by atoms with Crippen LogP contribution in [0.25, 0.3) is 23.3 Å². The minimum atomic E-state index is -0.821. The molecule has 3 aromatic rings. The summed E-state index contributed by atoms with van der Waals surface area (Å²) >= 11 is 0. The first-order valence-corrected chi connectivity index (χ1v) is 23.6. The van der Waals surface area contributed by atoms with E-state index in [0.29, 0.717) is 5.56 Å². The summed E-state index contributed by atoms with van der Waals surface area (Å²) in [7, 11) is 0. The van der Waals surface area contributed by atoms with E-state index in [1.807, 2.05) is 6.08 Å². The van der Waals surface area contributed by atoms with Crippen molar-refractivity contribution in [3.63, 3.8) is 0 Å². The summed E-state index contributed by atoms with van der Waals surface area (Å²) in [5, 5.41) is 10.9. The zero-order valence-corrected chi connectivity index (χ0v) is 36.3. The van der Waals surface area contributed by atoms with Crippen LogP contribution in [0.3, 0.4) is 0 Å². The second-order valence-electron chi connectivity index (χ2n) is 16.6. The number of unbranched alkanes of at least 4 members (excludes halogenated alkanes) is 26. The van der Waals surface area contributed by atoms with Crippen LogP contribution < -0.4 is 4.90 Å². The highest BCUT2D eigenvalue weighted by atomic mass is 19.1. The Bertz CT molecular complexity index is 1440. The molecule has 5 heteroatoms. The normalized spacial score (nSPS) is 11.5. The van der Waals surface area contributed by atoms with Gasteiger partial charge in [0.15, 0.2) is 0 Å². The van der Waals surface area contributed by atoms with Gasteiger partial charge in [0.25, 0.3) is 0 Å². The molecule has 316 valence electrons. The molecule has 4 nitrogen and oxygen atoms in total. The van der Waals surface area contributed by atoms with Crippen LogP contribution in [-0.4, -0.2) is 18.0 Å². The van der Waals surface area contributed by atoms with Crippen molar-refractivity contribution in [2.45, 2.75) is 194 Å². The highest BCUT2D eigenvalue weighted by molar-refractivity contribution is 5.73. The molecule has 0 saturated carbocycles. The Labute approximate surface area is 348 Å². The van der Waals surface area contributed by atoms with E-state index in [0.717, 1.165) is 24.2 Å². The van der Waals surface area contributed by atoms with Crippen LogP contribution in [0.1, 0.15) is 205 Å². The predicted molar refractivity (Wildman–Crippen MR) is 247 cm³/mol. The second kappa shape index (κ2) is 31.5. The monoisotopic (exact) mass is 783 g/mol. The Morgan fingerprint density at radius 2 is 0.807 bits per heavy atom. The van der Waals surface area contributed by atoms with Crippen LogP contribution in [0.15, 0.2) is 66.7 Å². The number of nitro groups is 1. The third kappa shape index (κ3) is 21.7. The number of anilines is 1. The average molecular weight is 783 g/mol. The lowest BCUT2D eigenvalue weighted by atomic mass is 10.0. The van der Waals surface area contributed by atoms with E-state index in [1.54, 1.807) is 12.1 Å². The minimum Gasteiger partial charge on any atom is -0.372 e. The van der Waals surface area contributed by atoms with E-state index in [-0.39, 0.29) is 0 Å². The molecular weight excluding hydrogens is 704 g/mol. The molecule has 0 radical (unpaired) electrons. The summed E-state index contributed by atoms with van der Waals surface area (Å²) in [4.78, 5) is 12.9. The number of benzene rings is 3.